The first-order chi connectivity index (χ1) is 20.9. The number of hydrogen-bond donors (Lipinski definition) is 3. The number of nitrogens with zero attached hydrogens (tertiary/aromatic N) is 5. The molecule has 2 aromatic carbocycles. The first-order valence-corrected chi connectivity index (χ1v) is 13.6. The minimum atomic E-state index is -5.25. The molecule has 0 aliphatic rings. The van der Waals surface area contributed by atoms with E-state index < -0.39 is 54.2 Å². The van der Waals surface area contributed by atoms with Crippen LogP contribution in [0.2, 0.25) is 0 Å². The Morgan fingerprint density at radius 2 is 1.77 bits per heavy atom. The van der Waals surface area contributed by atoms with Crippen molar-refractivity contribution in [3.63, 3.8) is 0 Å². The Morgan fingerprint density at radius 3 is 2.39 bits per heavy atom. The molecule has 0 spiro atoms. The predicted molar refractivity (Wildman–Crippen MR) is 152 cm³/mol. The van der Waals surface area contributed by atoms with Gasteiger partial charge in [-0.3, -0.25) is 14.2 Å². The van der Waals surface area contributed by atoms with E-state index in [1.54, 1.807) is 6.92 Å². The number of rotatable bonds is 8. The molecule has 44 heavy (non-hydrogen) atoms. The molecule has 3 heterocycles. The Morgan fingerprint density at radius 1 is 1.07 bits per heavy atom. The van der Waals surface area contributed by atoms with Gasteiger partial charge in [-0.25, -0.2) is 23.6 Å². The van der Waals surface area contributed by atoms with Gasteiger partial charge in [0.1, 0.15) is 17.3 Å². The van der Waals surface area contributed by atoms with Gasteiger partial charge in [0.15, 0.2) is 10.8 Å². The van der Waals surface area contributed by atoms with E-state index in [2.05, 4.69) is 20.3 Å². The van der Waals surface area contributed by atoms with E-state index in [4.69, 9.17) is 0 Å². The summed E-state index contributed by atoms with van der Waals surface area (Å²) in [5.41, 5.74) is -1.51. The highest BCUT2D eigenvalue weighted by Crippen LogP contribution is 2.37. The third-order valence-corrected chi connectivity index (χ3v) is 7.23. The largest absolute Gasteiger partial charge is 0.472 e. The molecule has 0 fully saturated rings. The maximum atomic E-state index is 14.9. The van der Waals surface area contributed by atoms with Crippen LogP contribution in [0.1, 0.15) is 5.56 Å². The van der Waals surface area contributed by atoms with Gasteiger partial charge < -0.3 is 15.5 Å². The molecule has 0 aliphatic heterocycles. The molecular formula is C28H21F5N6O4S. The molecule has 0 aliphatic carbocycles. The Bertz CT molecular complexity index is 1890. The second-order valence-electron chi connectivity index (χ2n) is 9.37. The number of aryl methyl sites for hydroxylation is 1. The smallest absolute Gasteiger partial charge is 0.394 e. The highest BCUT2D eigenvalue weighted by atomic mass is 32.1. The van der Waals surface area contributed by atoms with Crippen LogP contribution in [0.3, 0.4) is 0 Å². The normalized spacial score (nSPS) is 11.8. The molecule has 0 bridgehead atoms. The molecule has 5 aromatic rings. The van der Waals surface area contributed by atoms with Gasteiger partial charge in [0.25, 0.3) is 5.56 Å². The van der Waals surface area contributed by atoms with Crippen molar-refractivity contribution in [1.82, 2.24) is 19.5 Å². The fourth-order valence-electron chi connectivity index (χ4n) is 4.41. The third-order valence-electron chi connectivity index (χ3n) is 6.48. The first kappa shape index (κ1) is 30.7. The number of aliphatic hydroxyl groups is 2. The van der Waals surface area contributed by atoms with Crippen molar-refractivity contribution < 1.29 is 37.0 Å². The van der Waals surface area contributed by atoms with Gasteiger partial charge in [-0.2, -0.15) is 18.2 Å². The minimum Gasteiger partial charge on any atom is -0.394 e. The van der Waals surface area contributed by atoms with Crippen LogP contribution in [0.4, 0.5) is 38.7 Å². The van der Waals surface area contributed by atoms with Crippen LogP contribution in [0.15, 0.2) is 64.9 Å². The number of nitrogens with one attached hydrogen (secondary N) is 1. The Kier molecular flexibility index (Phi) is 8.40. The van der Waals surface area contributed by atoms with Gasteiger partial charge in [0.2, 0.25) is 5.95 Å². The number of amides is 1. The second kappa shape index (κ2) is 12.1. The summed E-state index contributed by atoms with van der Waals surface area (Å²) in [4.78, 5) is 38.6. The van der Waals surface area contributed by atoms with E-state index in [0.29, 0.717) is 15.0 Å². The number of benzene rings is 2. The topological polar surface area (TPSA) is 133 Å². The van der Waals surface area contributed by atoms with Crippen LogP contribution < -0.4 is 15.8 Å². The van der Waals surface area contributed by atoms with Crippen molar-refractivity contribution in [2.75, 3.05) is 23.4 Å². The van der Waals surface area contributed by atoms with Crippen LogP contribution in [-0.2, 0) is 4.79 Å². The zero-order valence-corrected chi connectivity index (χ0v) is 23.3. The first-order valence-electron chi connectivity index (χ1n) is 12.7. The van der Waals surface area contributed by atoms with E-state index >= 15 is 0 Å². The van der Waals surface area contributed by atoms with Gasteiger partial charge in [-0.15, -0.1) is 11.3 Å². The average molecular weight is 633 g/mol. The maximum Gasteiger partial charge on any atom is 0.472 e. The lowest BCUT2D eigenvalue weighted by atomic mass is 10.0. The molecule has 1 amide bonds. The Labute approximate surface area is 248 Å². The van der Waals surface area contributed by atoms with Crippen molar-refractivity contribution in [2.24, 2.45) is 0 Å². The van der Waals surface area contributed by atoms with Gasteiger partial charge in [-0.1, -0.05) is 12.1 Å². The number of thiazole rings is 1. The molecule has 0 saturated heterocycles. The lowest BCUT2D eigenvalue weighted by Gasteiger charge is -2.23. The average Bonchev–Trinajstić information content (AvgIpc) is 3.51. The Balaban J connectivity index is 1.83. The lowest BCUT2D eigenvalue weighted by molar-refractivity contribution is -0.169. The SMILES string of the molecule is Cc1ccc(N(C(=O)C(F)(F)F)c2nccs2)cc1-c1nc(NC(CO)CO)nc2c1ccc(=O)n2-c1c(F)cccc1F. The molecule has 3 N–H and O–H groups in total. The van der Waals surface area contributed by atoms with Gasteiger partial charge in [0.05, 0.1) is 30.6 Å². The second-order valence-corrected chi connectivity index (χ2v) is 10.2. The zero-order chi connectivity index (χ0) is 31.8. The summed E-state index contributed by atoms with van der Waals surface area (Å²) in [6, 6.07) is 8.27. The highest BCUT2D eigenvalue weighted by molar-refractivity contribution is 7.13. The molecule has 16 heteroatoms. The van der Waals surface area contributed by atoms with Gasteiger partial charge in [-0.05, 0) is 42.8 Å². The molecule has 10 nitrogen and oxygen atoms in total. The molecule has 228 valence electrons. The fourth-order valence-corrected chi connectivity index (χ4v) is 5.07. The maximum absolute atomic E-state index is 14.9. The quantitative estimate of drug-likeness (QED) is 0.213. The molecule has 0 radical (unpaired) electrons. The fraction of sp³-hybridized carbons (Fsp3) is 0.179. The van der Waals surface area contributed by atoms with Crippen molar-refractivity contribution in [2.45, 2.75) is 19.1 Å². The third kappa shape index (κ3) is 5.73. The number of carbonyl (C=O) groups excluding carboxylic acids is 1. The summed E-state index contributed by atoms with van der Waals surface area (Å²) in [5, 5.41) is 23.1. The van der Waals surface area contributed by atoms with Crippen LogP contribution in [0.25, 0.3) is 28.0 Å². The minimum absolute atomic E-state index is 0.00414. The van der Waals surface area contributed by atoms with E-state index in [0.717, 1.165) is 35.6 Å². The molecular weight excluding hydrogens is 611 g/mol. The van der Waals surface area contributed by atoms with Crippen LogP contribution in [0, 0.1) is 18.6 Å². The Hall–Kier alpha value is -4.80. The van der Waals surface area contributed by atoms with E-state index in [1.807, 2.05) is 0 Å². The standard InChI is InChI=1S/C28H21F5N6O4S/c1-14-5-6-16(38(25(43)28(31,32)33)27-34-9-10-44-27)11-18(14)22-17-7-8-21(42)39(23-19(29)3-2-4-20(23)30)24(17)37-26(36-22)35-15(12-40)13-41/h2-11,15,40-41H,12-13H2,1H3,(H,35,36,37). The summed E-state index contributed by atoms with van der Waals surface area (Å²) >= 11 is 0.799. The number of halogens is 5. The van der Waals surface area contributed by atoms with Crippen molar-refractivity contribution in [3.8, 4) is 16.9 Å². The lowest BCUT2D eigenvalue weighted by Crippen LogP contribution is -2.38. The van der Waals surface area contributed by atoms with E-state index in [-0.39, 0.29) is 39.1 Å². The molecule has 0 unspecified atom stereocenters. The van der Waals surface area contributed by atoms with Crippen LogP contribution in [-0.4, -0.2) is 61.1 Å². The highest BCUT2D eigenvalue weighted by Gasteiger charge is 2.44. The number of alkyl halides is 3. The van der Waals surface area contributed by atoms with Crippen molar-refractivity contribution >= 4 is 45.0 Å². The van der Waals surface area contributed by atoms with Crippen LogP contribution in [0.5, 0.6) is 0 Å². The zero-order valence-electron chi connectivity index (χ0n) is 22.5. The summed E-state index contributed by atoms with van der Waals surface area (Å²) < 4.78 is 71.5. The summed E-state index contributed by atoms with van der Waals surface area (Å²) in [6.45, 7) is 0.456. The monoisotopic (exact) mass is 632 g/mol. The number of fused-ring (bicyclic) bond motifs is 1. The van der Waals surface area contributed by atoms with Crippen LogP contribution >= 0.6 is 11.3 Å². The number of carbonyl (C=O) groups is 1. The number of pyridine rings is 1. The number of para-hydroxylation sites is 1. The molecule has 0 saturated carbocycles. The number of hydrogen-bond acceptors (Lipinski definition) is 9. The molecule has 0 atom stereocenters. The number of anilines is 3. The summed E-state index contributed by atoms with van der Waals surface area (Å²) in [7, 11) is 0. The molecule has 3 aromatic heterocycles. The summed E-state index contributed by atoms with van der Waals surface area (Å²) in [6.07, 6.45) is -4.01. The number of aliphatic hydroxyl groups excluding tert-OH is 2. The number of aromatic nitrogens is 4. The predicted octanol–water partition coefficient (Wildman–Crippen LogP) is 4.48. The van der Waals surface area contributed by atoms with Crippen molar-refractivity contribution in [3.05, 3.63) is 87.7 Å². The van der Waals surface area contributed by atoms with Crippen molar-refractivity contribution in [1.29, 1.82) is 0 Å². The summed E-state index contributed by atoms with van der Waals surface area (Å²) in [5.74, 6) is -4.65. The molecule has 5 rings (SSSR count). The van der Waals surface area contributed by atoms with E-state index in [1.165, 1.54) is 35.8 Å². The van der Waals surface area contributed by atoms with Gasteiger partial charge in [0, 0.05) is 28.6 Å². The van der Waals surface area contributed by atoms with E-state index in [9.17, 15) is 41.8 Å². The van der Waals surface area contributed by atoms with Gasteiger partial charge >= 0.3 is 12.1 Å².